The Morgan fingerprint density at radius 3 is 2.38 bits per heavy atom. The minimum Gasteiger partial charge on any atom is -0.369 e. The first-order valence-corrected chi connectivity index (χ1v) is 7.91. The van der Waals surface area contributed by atoms with E-state index in [0.29, 0.717) is 12.5 Å². The number of allylic oxidation sites excluding steroid dienone is 2. The smallest absolute Gasteiger partial charge is 0.227 e. The number of hydrogen-bond acceptors (Lipinski definition) is 2. The van der Waals surface area contributed by atoms with Gasteiger partial charge < -0.3 is 10.6 Å². The van der Waals surface area contributed by atoms with Crippen molar-refractivity contribution < 1.29 is 9.59 Å². The lowest BCUT2D eigenvalue weighted by Gasteiger charge is -2.37. The maximum absolute atomic E-state index is 12.9. The van der Waals surface area contributed by atoms with E-state index < -0.39 is 0 Å². The van der Waals surface area contributed by atoms with Crippen LogP contribution in [0.3, 0.4) is 0 Å². The maximum atomic E-state index is 12.9. The van der Waals surface area contributed by atoms with Crippen LogP contribution < -0.4 is 5.73 Å². The highest BCUT2D eigenvalue weighted by molar-refractivity contribution is 5.85. The zero-order chi connectivity index (χ0) is 15.9. The van der Waals surface area contributed by atoms with Gasteiger partial charge in [-0.15, -0.1) is 0 Å². The number of primary amides is 1. The molecule has 2 aliphatic rings. The molecule has 1 heterocycles. The number of rotatable bonds is 3. The van der Waals surface area contributed by atoms with Crippen LogP contribution in [0, 0.1) is 23.2 Å². The van der Waals surface area contributed by atoms with E-state index in [9.17, 15) is 9.59 Å². The quantitative estimate of drug-likeness (QED) is 0.811. The van der Waals surface area contributed by atoms with Crippen LogP contribution in [0.2, 0.25) is 0 Å². The van der Waals surface area contributed by atoms with Crippen molar-refractivity contribution >= 4 is 11.8 Å². The summed E-state index contributed by atoms with van der Waals surface area (Å²) in [6.07, 6.45) is 3.87. The third kappa shape index (κ3) is 2.99. The lowest BCUT2D eigenvalue weighted by molar-refractivity contribution is -0.139. The predicted octanol–water partition coefficient (Wildman–Crippen LogP) is 2.34. The van der Waals surface area contributed by atoms with Gasteiger partial charge in [-0.1, -0.05) is 25.5 Å². The Balaban J connectivity index is 2.12. The summed E-state index contributed by atoms with van der Waals surface area (Å²) in [6, 6.07) is 0.205. The topological polar surface area (TPSA) is 63.4 Å². The van der Waals surface area contributed by atoms with Crippen molar-refractivity contribution in [1.29, 1.82) is 0 Å². The second-order valence-electron chi connectivity index (χ2n) is 7.59. The maximum Gasteiger partial charge on any atom is 0.227 e. The molecule has 2 amide bonds. The molecule has 4 unspecified atom stereocenters. The minimum absolute atomic E-state index is 0.0216. The van der Waals surface area contributed by atoms with E-state index in [2.05, 4.69) is 40.7 Å². The molecule has 1 saturated carbocycles. The van der Waals surface area contributed by atoms with Crippen molar-refractivity contribution in [2.75, 3.05) is 6.54 Å². The van der Waals surface area contributed by atoms with Gasteiger partial charge in [-0.3, -0.25) is 9.59 Å². The third-order valence-corrected chi connectivity index (χ3v) is 5.26. The molecule has 1 saturated heterocycles. The van der Waals surface area contributed by atoms with Crippen LogP contribution in [-0.4, -0.2) is 29.3 Å². The van der Waals surface area contributed by atoms with E-state index in [1.54, 1.807) is 0 Å². The van der Waals surface area contributed by atoms with Crippen LogP contribution in [0.1, 0.15) is 47.5 Å². The molecule has 0 radical (unpaired) electrons. The number of nitrogens with zero attached hydrogens (tertiary/aromatic N) is 1. The Kier molecular flexibility index (Phi) is 4.18. The van der Waals surface area contributed by atoms with Gasteiger partial charge in [0.15, 0.2) is 0 Å². The SMILES string of the molecule is CC(C)=CC1C(C(=O)N2CC(C(N)=O)CCC2C)C1(C)C. The molecule has 21 heavy (non-hydrogen) atoms. The third-order valence-electron chi connectivity index (χ3n) is 5.26. The molecular weight excluding hydrogens is 264 g/mol. The minimum atomic E-state index is -0.282. The van der Waals surface area contributed by atoms with Gasteiger partial charge in [0.25, 0.3) is 0 Å². The van der Waals surface area contributed by atoms with Crippen LogP contribution in [-0.2, 0) is 9.59 Å². The van der Waals surface area contributed by atoms with Crippen molar-refractivity contribution in [2.24, 2.45) is 28.9 Å². The number of nitrogens with two attached hydrogens (primary N) is 1. The van der Waals surface area contributed by atoms with E-state index >= 15 is 0 Å². The number of amides is 2. The number of carbonyl (C=O) groups is 2. The predicted molar refractivity (Wildman–Crippen MR) is 83.3 cm³/mol. The molecule has 2 fully saturated rings. The fourth-order valence-corrected chi connectivity index (χ4v) is 3.64. The number of likely N-dealkylation sites (tertiary alicyclic amines) is 1. The molecule has 1 aliphatic heterocycles. The molecule has 0 aromatic heterocycles. The molecule has 0 bridgehead atoms. The van der Waals surface area contributed by atoms with Crippen molar-refractivity contribution in [3.05, 3.63) is 11.6 Å². The Hall–Kier alpha value is -1.32. The summed E-state index contributed by atoms with van der Waals surface area (Å²) in [6.45, 7) is 11.0. The largest absolute Gasteiger partial charge is 0.369 e. The fourth-order valence-electron chi connectivity index (χ4n) is 3.64. The summed E-state index contributed by atoms with van der Waals surface area (Å²) in [5.74, 6) is 0.0862. The lowest BCUT2D eigenvalue weighted by atomic mass is 9.92. The van der Waals surface area contributed by atoms with Gasteiger partial charge in [0.1, 0.15) is 0 Å². The normalized spacial score (nSPS) is 34.2. The van der Waals surface area contributed by atoms with Gasteiger partial charge in [-0.25, -0.2) is 0 Å². The zero-order valence-electron chi connectivity index (χ0n) is 13.8. The average Bonchev–Trinajstić information content (AvgIpc) is 2.89. The summed E-state index contributed by atoms with van der Waals surface area (Å²) in [4.78, 5) is 26.2. The molecule has 118 valence electrons. The molecule has 0 aromatic carbocycles. The summed E-state index contributed by atoms with van der Waals surface area (Å²) >= 11 is 0. The average molecular weight is 292 g/mol. The number of piperidine rings is 1. The standard InChI is InChI=1S/C17H28N2O2/c1-10(2)8-13-14(17(13,4)5)16(21)19-9-12(15(18)20)7-6-11(19)3/h8,11-14H,6-7,9H2,1-5H3,(H2,18,20). The molecule has 1 aliphatic carbocycles. The fraction of sp³-hybridized carbons (Fsp3) is 0.765. The Morgan fingerprint density at radius 1 is 1.24 bits per heavy atom. The second kappa shape index (κ2) is 5.47. The number of carbonyl (C=O) groups excluding carboxylic acids is 2. The molecule has 4 atom stereocenters. The highest BCUT2D eigenvalue weighted by atomic mass is 16.2. The second-order valence-corrected chi connectivity index (χ2v) is 7.59. The summed E-state index contributed by atoms with van der Waals surface area (Å²) in [5.41, 5.74) is 6.70. The van der Waals surface area contributed by atoms with Gasteiger partial charge in [-0.05, 0) is 44.9 Å². The van der Waals surface area contributed by atoms with Crippen LogP contribution in [0.15, 0.2) is 11.6 Å². The molecule has 4 nitrogen and oxygen atoms in total. The number of hydrogen-bond donors (Lipinski definition) is 1. The highest BCUT2D eigenvalue weighted by Crippen LogP contribution is 2.60. The molecular formula is C17H28N2O2. The van der Waals surface area contributed by atoms with Crippen LogP contribution >= 0.6 is 0 Å². The van der Waals surface area contributed by atoms with E-state index in [1.807, 2.05) is 4.90 Å². The summed E-state index contributed by atoms with van der Waals surface area (Å²) in [5, 5.41) is 0. The highest BCUT2D eigenvalue weighted by Gasteiger charge is 2.61. The van der Waals surface area contributed by atoms with Gasteiger partial charge in [0.05, 0.1) is 11.8 Å². The van der Waals surface area contributed by atoms with Crippen molar-refractivity contribution in [3.8, 4) is 0 Å². The van der Waals surface area contributed by atoms with Gasteiger partial charge in [-0.2, -0.15) is 0 Å². The van der Waals surface area contributed by atoms with Gasteiger partial charge in [0, 0.05) is 12.6 Å². The van der Waals surface area contributed by atoms with E-state index in [4.69, 9.17) is 5.73 Å². The van der Waals surface area contributed by atoms with Gasteiger partial charge >= 0.3 is 0 Å². The molecule has 0 aromatic rings. The van der Waals surface area contributed by atoms with Crippen molar-refractivity contribution in [1.82, 2.24) is 4.90 Å². The van der Waals surface area contributed by atoms with Gasteiger partial charge in [0.2, 0.25) is 11.8 Å². The van der Waals surface area contributed by atoms with Crippen molar-refractivity contribution in [3.63, 3.8) is 0 Å². The lowest BCUT2D eigenvalue weighted by Crippen LogP contribution is -2.49. The molecule has 2 N–H and O–H groups in total. The summed E-state index contributed by atoms with van der Waals surface area (Å²) in [7, 11) is 0. The first-order valence-electron chi connectivity index (χ1n) is 7.91. The Morgan fingerprint density at radius 2 is 1.86 bits per heavy atom. The first kappa shape index (κ1) is 16.1. The van der Waals surface area contributed by atoms with Crippen molar-refractivity contribution in [2.45, 2.75) is 53.5 Å². The first-order chi connectivity index (χ1) is 9.66. The molecule has 4 heteroatoms. The zero-order valence-corrected chi connectivity index (χ0v) is 13.8. The van der Waals surface area contributed by atoms with Crippen LogP contribution in [0.5, 0.6) is 0 Å². The summed E-state index contributed by atoms with van der Waals surface area (Å²) < 4.78 is 0. The van der Waals surface area contributed by atoms with Crippen LogP contribution in [0.25, 0.3) is 0 Å². The van der Waals surface area contributed by atoms with E-state index in [-0.39, 0.29) is 35.1 Å². The monoisotopic (exact) mass is 292 g/mol. The van der Waals surface area contributed by atoms with E-state index in [0.717, 1.165) is 12.8 Å². The molecule has 2 rings (SSSR count). The van der Waals surface area contributed by atoms with E-state index in [1.165, 1.54) is 5.57 Å². The molecule has 0 spiro atoms. The Bertz CT molecular complexity index is 477. The van der Waals surface area contributed by atoms with Crippen LogP contribution in [0.4, 0.5) is 0 Å². The Labute approximate surface area is 127 Å².